The van der Waals surface area contributed by atoms with Crippen LogP contribution in [-0.4, -0.2) is 43.4 Å². The molecule has 0 saturated heterocycles. The van der Waals surface area contributed by atoms with Gasteiger partial charge in [0.15, 0.2) is 0 Å². The fraction of sp³-hybridized carbons (Fsp3) is 0.107. The molecule has 13 heteroatoms. The number of carbonyl (C=O) groups excluding carboxylic acids is 5. The van der Waals surface area contributed by atoms with E-state index in [4.69, 9.17) is 32.7 Å². The number of carboxylic acid groups (broad SMARTS) is 1. The molecule has 0 spiro atoms. The van der Waals surface area contributed by atoms with Crippen LogP contribution in [0.25, 0.3) is 0 Å². The quantitative estimate of drug-likeness (QED) is 0.278. The van der Waals surface area contributed by atoms with Crippen LogP contribution < -0.4 is 25.4 Å². The number of rotatable bonds is 9. The number of benzene rings is 3. The number of nitrogens with zero attached hydrogens (tertiary/aromatic N) is 1. The number of anilines is 3. The van der Waals surface area contributed by atoms with E-state index >= 15 is 0 Å². The molecule has 41 heavy (non-hydrogen) atoms. The highest BCUT2D eigenvalue weighted by Gasteiger charge is 2.39. The van der Waals surface area contributed by atoms with E-state index in [-0.39, 0.29) is 56.2 Å². The Morgan fingerprint density at radius 1 is 0.951 bits per heavy atom. The lowest BCUT2D eigenvalue weighted by Crippen LogP contribution is -2.32. The van der Waals surface area contributed by atoms with Gasteiger partial charge in [-0.05, 0) is 55.5 Å². The number of imide groups is 1. The molecule has 1 aliphatic heterocycles. The molecular weight excluding hydrogens is 577 g/mol. The molecule has 1 aliphatic rings. The summed E-state index contributed by atoms with van der Waals surface area (Å²) in [6.45, 7) is 1.81. The second kappa shape index (κ2) is 12.1. The molecule has 210 valence electrons. The van der Waals surface area contributed by atoms with E-state index < -0.39 is 29.7 Å². The second-order valence-electron chi connectivity index (χ2n) is 8.38. The second-order valence-corrected chi connectivity index (χ2v) is 9.17. The molecule has 0 unspecified atom stereocenters. The zero-order chi connectivity index (χ0) is 29.8. The zero-order valence-corrected chi connectivity index (χ0v) is 23.0. The number of hydrogen-bond acceptors (Lipinski definition) is 9. The number of methoxy groups -OCH3 is 1. The molecule has 0 aromatic heterocycles. The Labute approximate surface area is 243 Å². The number of carbonyl (C=O) groups is 5. The van der Waals surface area contributed by atoms with Crippen LogP contribution in [0, 0.1) is 0 Å². The Kier molecular flexibility index (Phi) is 8.60. The van der Waals surface area contributed by atoms with Crippen molar-refractivity contribution in [3.8, 4) is 5.75 Å². The topological polar surface area (TPSA) is 154 Å². The number of esters is 1. The summed E-state index contributed by atoms with van der Waals surface area (Å²) in [5.74, 6) is -4.24. The third kappa shape index (κ3) is 6.01. The molecule has 11 nitrogen and oxygen atoms in total. The van der Waals surface area contributed by atoms with Gasteiger partial charge in [-0.25, -0.2) is 9.69 Å². The van der Waals surface area contributed by atoms with Crippen molar-refractivity contribution in [1.82, 2.24) is 0 Å². The summed E-state index contributed by atoms with van der Waals surface area (Å²) in [5, 5.41) is 16.2. The number of amides is 3. The summed E-state index contributed by atoms with van der Waals surface area (Å²) in [4.78, 5) is 62.9. The minimum absolute atomic E-state index is 0.0417. The largest absolute Gasteiger partial charge is 0.545 e. The maximum atomic E-state index is 13.1. The Morgan fingerprint density at radius 3 is 2.29 bits per heavy atom. The Morgan fingerprint density at radius 2 is 1.66 bits per heavy atom. The van der Waals surface area contributed by atoms with Crippen molar-refractivity contribution in [2.24, 2.45) is 0 Å². The fourth-order valence-electron chi connectivity index (χ4n) is 3.85. The highest BCUT2D eigenvalue weighted by molar-refractivity contribution is 6.53. The molecule has 2 N–H and O–H groups in total. The van der Waals surface area contributed by atoms with Crippen molar-refractivity contribution < 1.29 is 38.6 Å². The van der Waals surface area contributed by atoms with E-state index in [0.29, 0.717) is 5.69 Å². The van der Waals surface area contributed by atoms with Crippen LogP contribution in [0.5, 0.6) is 5.75 Å². The van der Waals surface area contributed by atoms with Crippen LogP contribution in [0.2, 0.25) is 5.02 Å². The summed E-state index contributed by atoms with van der Waals surface area (Å²) in [5.41, 5.74) is 0.476. The van der Waals surface area contributed by atoms with Crippen molar-refractivity contribution >= 4 is 69.9 Å². The van der Waals surface area contributed by atoms with E-state index in [1.54, 1.807) is 6.92 Å². The van der Waals surface area contributed by atoms with Crippen LogP contribution in [0.3, 0.4) is 0 Å². The third-order valence-corrected chi connectivity index (χ3v) is 6.48. The summed E-state index contributed by atoms with van der Waals surface area (Å²) >= 11 is 12.3. The molecule has 0 fully saturated rings. The number of nitrogens with one attached hydrogen (secondary N) is 2. The number of carboxylic acids is 1. The van der Waals surface area contributed by atoms with Crippen LogP contribution in [0.4, 0.5) is 17.1 Å². The van der Waals surface area contributed by atoms with E-state index in [1.165, 1.54) is 61.7 Å². The van der Waals surface area contributed by atoms with Gasteiger partial charge in [-0.3, -0.25) is 14.4 Å². The fourth-order valence-corrected chi connectivity index (χ4v) is 4.28. The van der Waals surface area contributed by atoms with Crippen LogP contribution in [0.15, 0.2) is 71.4 Å². The van der Waals surface area contributed by atoms with E-state index in [9.17, 15) is 29.1 Å². The first-order chi connectivity index (χ1) is 19.5. The summed E-state index contributed by atoms with van der Waals surface area (Å²) in [7, 11) is 1.26. The lowest BCUT2D eigenvalue weighted by atomic mass is 10.1. The van der Waals surface area contributed by atoms with Gasteiger partial charge in [0.2, 0.25) is 0 Å². The summed E-state index contributed by atoms with van der Waals surface area (Å²) in [6.07, 6.45) is 0. The summed E-state index contributed by atoms with van der Waals surface area (Å²) in [6, 6.07) is 14.0. The molecule has 3 amide bonds. The van der Waals surface area contributed by atoms with Crippen molar-refractivity contribution in [3.63, 3.8) is 0 Å². The number of ether oxygens (including phenoxy) is 2. The maximum Gasteiger partial charge on any atom is 0.338 e. The van der Waals surface area contributed by atoms with Crippen molar-refractivity contribution in [3.05, 3.63) is 93.1 Å². The lowest BCUT2D eigenvalue weighted by molar-refractivity contribution is -0.255. The SMILES string of the molecule is CCOC(=O)c1cccc(N2C(=O)C(Cl)=C(Nc3ccc(C(=O)Nc4cc(OC)c(C(=O)[O-])cc4Cl)cc3)C2=O)c1. The lowest BCUT2D eigenvalue weighted by Gasteiger charge is -2.16. The molecule has 0 radical (unpaired) electrons. The van der Waals surface area contributed by atoms with E-state index in [0.717, 1.165) is 11.0 Å². The molecule has 4 rings (SSSR count). The normalized spacial score (nSPS) is 12.8. The van der Waals surface area contributed by atoms with Crippen molar-refractivity contribution in [2.45, 2.75) is 6.92 Å². The highest BCUT2D eigenvalue weighted by Crippen LogP contribution is 2.32. The van der Waals surface area contributed by atoms with Gasteiger partial charge >= 0.3 is 5.97 Å². The predicted molar refractivity (Wildman–Crippen MR) is 148 cm³/mol. The van der Waals surface area contributed by atoms with Gasteiger partial charge in [0.25, 0.3) is 17.7 Å². The van der Waals surface area contributed by atoms with Gasteiger partial charge in [-0.15, -0.1) is 0 Å². The van der Waals surface area contributed by atoms with Crippen molar-refractivity contribution in [2.75, 3.05) is 29.3 Å². The van der Waals surface area contributed by atoms with Crippen LogP contribution in [0.1, 0.15) is 38.0 Å². The van der Waals surface area contributed by atoms with E-state index in [1.807, 2.05) is 0 Å². The van der Waals surface area contributed by atoms with Gasteiger partial charge in [0.1, 0.15) is 16.5 Å². The minimum Gasteiger partial charge on any atom is -0.545 e. The van der Waals surface area contributed by atoms with Gasteiger partial charge in [-0.1, -0.05) is 29.3 Å². The first-order valence-electron chi connectivity index (χ1n) is 11.9. The molecule has 0 atom stereocenters. The van der Waals surface area contributed by atoms with Gasteiger partial charge < -0.3 is 30.0 Å². The average Bonchev–Trinajstić information content (AvgIpc) is 3.17. The first-order valence-corrected chi connectivity index (χ1v) is 12.6. The molecule has 3 aromatic carbocycles. The minimum atomic E-state index is -1.49. The number of halogens is 2. The molecule has 3 aromatic rings. The number of aromatic carboxylic acids is 1. The Bertz CT molecular complexity index is 1620. The van der Waals surface area contributed by atoms with Crippen LogP contribution in [-0.2, 0) is 14.3 Å². The van der Waals surface area contributed by atoms with Crippen LogP contribution >= 0.6 is 23.2 Å². The number of hydrogen-bond donors (Lipinski definition) is 2. The van der Waals surface area contributed by atoms with Gasteiger partial charge in [0.05, 0.1) is 41.6 Å². The third-order valence-electron chi connectivity index (χ3n) is 5.82. The highest BCUT2D eigenvalue weighted by atomic mass is 35.5. The molecule has 1 heterocycles. The monoisotopic (exact) mass is 596 g/mol. The van der Waals surface area contributed by atoms with Gasteiger partial charge in [0, 0.05) is 22.9 Å². The smallest absolute Gasteiger partial charge is 0.338 e. The first kappa shape index (κ1) is 29.1. The maximum absolute atomic E-state index is 13.1. The molecular formula is C28H20Cl2N3O8-. The Hall–Kier alpha value is -4.87. The molecule has 0 bridgehead atoms. The van der Waals surface area contributed by atoms with Crippen molar-refractivity contribution in [1.29, 1.82) is 0 Å². The molecule has 0 aliphatic carbocycles. The molecule has 0 saturated carbocycles. The predicted octanol–water partition coefficient (Wildman–Crippen LogP) is 3.58. The van der Waals surface area contributed by atoms with Gasteiger partial charge in [-0.2, -0.15) is 0 Å². The zero-order valence-electron chi connectivity index (χ0n) is 21.4. The Balaban J connectivity index is 1.49. The standard InChI is InChI=1S/C28H21Cl2N3O8/c1-3-41-28(39)15-5-4-6-17(11-15)33-25(35)22(30)23(26(33)36)31-16-9-7-14(8-10-16)24(34)32-20-13-21(40-2)18(27(37)38)12-19(20)29/h4-13,31H,3H2,1-2H3,(H,32,34)(H,37,38)/p-1. The average molecular weight is 597 g/mol. The summed E-state index contributed by atoms with van der Waals surface area (Å²) < 4.78 is 9.99. The van der Waals surface area contributed by atoms with E-state index in [2.05, 4.69) is 10.6 Å².